The van der Waals surface area contributed by atoms with Crippen LogP contribution in [0.25, 0.3) is 11.5 Å². The Hall–Kier alpha value is -1.82. The minimum absolute atomic E-state index is 0.469. The summed E-state index contributed by atoms with van der Waals surface area (Å²) in [5, 5.41) is 7.91. The van der Waals surface area contributed by atoms with Crippen molar-refractivity contribution < 1.29 is 4.74 Å². The van der Waals surface area contributed by atoms with Gasteiger partial charge >= 0.3 is 0 Å². The second kappa shape index (κ2) is 4.58. The minimum atomic E-state index is 0.469. The molecule has 6 heteroatoms. The van der Waals surface area contributed by atoms with Gasteiger partial charge in [-0.15, -0.1) is 10.2 Å². The average molecular weight is 248 g/mol. The van der Waals surface area contributed by atoms with Gasteiger partial charge in [0.15, 0.2) is 5.82 Å². The van der Waals surface area contributed by atoms with Crippen LogP contribution in [0.15, 0.2) is 12.1 Å². The molecule has 2 aromatic rings. The van der Waals surface area contributed by atoms with Crippen LogP contribution in [-0.4, -0.2) is 27.3 Å². The van der Waals surface area contributed by atoms with Crippen LogP contribution in [0.5, 0.6) is 5.88 Å². The van der Waals surface area contributed by atoms with Crippen molar-refractivity contribution in [3.63, 3.8) is 0 Å². The number of nitrogens with one attached hydrogen (secondary N) is 1. The largest absolute Gasteiger partial charge is 0.480 e. The summed E-state index contributed by atoms with van der Waals surface area (Å²) in [7, 11) is 1.55. The Labute approximate surface area is 104 Å². The van der Waals surface area contributed by atoms with Crippen molar-refractivity contribution >= 4 is 12.2 Å². The van der Waals surface area contributed by atoms with Crippen molar-refractivity contribution in [3.05, 3.63) is 28.0 Å². The number of aryl methyl sites for hydroxylation is 1. The Bertz CT molecular complexity index is 591. The molecule has 0 aromatic carbocycles. The van der Waals surface area contributed by atoms with Gasteiger partial charge in [-0.05, 0) is 19.9 Å². The van der Waals surface area contributed by atoms with Crippen molar-refractivity contribution in [1.29, 1.82) is 0 Å². The van der Waals surface area contributed by atoms with Gasteiger partial charge in [0.25, 0.3) is 0 Å². The lowest BCUT2D eigenvalue weighted by Gasteiger charge is -2.05. The highest BCUT2D eigenvalue weighted by Gasteiger charge is 2.06. The number of nitrogens with zero attached hydrogens (tertiary/aromatic N) is 3. The van der Waals surface area contributed by atoms with Crippen molar-refractivity contribution in [2.45, 2.75) is 13.8 Å². The smallest absolute Gasteiger partial charge is 0.233 e. The monoisotopic (exact) mass is 248 g/mol. The first-order chi connectivity index (χ1) is 8.11. The number of ether oxygens (including phenoxy) is 1. The van der Waals surface area contributed by atoms with E-state index in [1.165, 1.54) is 0 Å². The third kappa shape index (κ3) is 2.31. The van der Waals surface area contributed by atoms with E-state index in [-0.39, 0.29) is 0 Å². The topological polar surface area (TPSA) is 63.7 Å². The third-order valence-electron chi connectivity index (χ3n) is 2.49. The van der Waals surface area contributed by atoms with Crippen LogP contribution in [0.4, 0.5) is 0 Å². The molecule has 0 radical (unpaired) electrons. The molecule has 0 saturated heterocycles. The van der Waals surface area contributed by atoms with Gasteiger partial charge in [0.1, 0.15) is 10.3 Å². The molecule has 0 spiro atoms. The van der Waals surface area contributed by atoms with E-state index < -0.39 is 0 Å². The molecule has 0 unspecified atom stereocenters. The molecule has 0 aliphatic carbocycles. The lowest BCUT2D eigenvalue weighted by atomic mass is 10.2. The number of rotatable bonds is 2. The fraction of sp³-hybridized carbons (Fsp3) is 0.273. The Balaban J connectivity index is 2.49. The highest BCUT2D eigenvalue weighted by molar-refractivity contribution is 7.71. The summed E-state index contributed by atoms with van der Waals surface area (Å²) >= 11 is 5.17. The predicted octanol–water partition coefficient (Wildman–Crippen LogP) is 2.22. The van der Waals surface area contributed by atoms with E-state index in [0.29, 0.717) is 22.0 Å². The number of hydrogen-bond acceptors (Lipinski definition) is 5. The lowest BCUT2D eigenvalue weighted by Crippen LogP contribution is -1.99. The van der Waals surface area contributed by atoms with Gasteiger partial charge < -0.3 is 9.72 Å². The van der Waals surface area contributed by atoms with Crippen molar-refractivity contribution in [2.75, 3.05) is 7.11 Å². The predicted molar refractivity (Wildman–Crippen MR) is 66.5 cm³/mol. The number of methoxy groups -OCH3 is 1. The van der Waals surface area contributed by atoms with Crippen molar-refractivity contribution in [3.8, 4) is 17.4 Å². The van der Waals surface area contributed by atoms with Crippen molar-refractivity contribution in [1.82, 2.24) is 20.2 Å². The molecule has 2 heterocycles. The summed E-state index contributed by atoms with van der Waals surface area (Å²) in [5.41, 5.74) is 2.60. The van der Waals surface area contributed by atoms with E-state index in [9.17, 15) is 0 Å². The second-order valence-corrected chi connectivity index (χ2v) is 3.99. The highest BCUT2D eigenvalue weighted by atomic mass is 32.1. The summed E-state index contributed by atoms with van der Waals surface area (Å²) in [5.74, 6) is 1.09. The maximum absolute atomic E-state index is 5.17. The van der Waals surface area contributed by atoms with Gasteiger partial charge in [-0.3, -0.25) is 0 Å². The van der Waals surface area contributed by atoms with Crippen LogP contribution in [0, 0.1) is 18.5 Å². The van der Waals surface area contributed by atoms with E-state index in [1.807, 2.05) is 13.8 Å². The maximum Gasteiger partial charge on any atom is 0.233 e. The van der Waals surface area contributed by atoms with E-state index in [2.05, 4.69) is 20.2 Å². The third-order valence-corrected chi connectivity index (χ3v) is 2.89. The van der Waals surface area contributed by atoms with Crippen LogP contribution in [0.1, 0.15) is 11.3 Å². The molecule has 17 heavy (non-hydrogen) atoms. The number of H-pyrrole nitrogens is 1. The molecule has 0 saturated carbocycles. The Morgan fingerprint density at radius 1 is 1.24 bits per heavy atom. The van der Waals surface area contributed by atoms with Gasteiger partial charge in [-0.2, -0.15) is 0 Å². The molecule has 0 atom stereocenters. The highest BCUT2D eigenvalue weighted by Crippen LogP contribution is 2.15. The molecule has 0 bridgehead atoms. The Morgan fingerprint density at radius 3 is 2.53 bits per heavy atom. The van der Waals surface area contributed by atoms with E-state index in [1.54, 1.807) is 19.2 Å². The zero-order valence-electron chi connectivity index (χ0n) is 9.81. The van der Waals surface area contributed by atoms with Gasteiger partial charge in [-0.25, -0.2) is 4.98 Å². The summed E-state index contributed by atoms with van der Waals surface area (Å²) in [4.78, 5) is 7.42. The molecular formula is C11H12N4OS. The molecule has 88 valence electrons. The summed E-state index contributed by atoms with van der Waals surface area (Å²) < 4.78 is 5.52. The van der Waals surface area contributed by atoms with E-state index >= 15 is 0 Å². The molecule has 0 fully saturated rings. The molecule has 2 rings (SSSR count). The second-order valence-electron chi connectivity index (χ2n) is 3.60. The molecule has 0 aliphatic rings. The zero-order valence-corrected chi connectivity index (χ0v) is 10.6. The SMILES string of the molecule is COc1ccc(-c2nc(=S)c(C)c(C)[nH]2)nn1. The molecule has 0 aliphatic heterocycles. The summed E-state index contributed by atoms with van der Waals surface area (Å²) in [6.45, 7) is 3.89. The fourth-order valence-corrected chi connectivity index (χ4v) is 1.57. The molecule has 0 amide bonds. The van der Waals surface area contributed by atoms with Crippen LogP contribution in [0.2, 0.25) is 0 Å². The fourth-order valence-electron chi connectivity index (χ4n) is 1.32. The van der Waals surface area contributed by atoms with Crippen LogP contribution >= 0.6 is 12.2 Å². The molecule has 2 aromatic heterocycles. The Morgan fingerprint density at radius 2 is 2.00 bits per heavy atom. The van der Waals surface area contributed by atoms with E-state index in [4.69, 9.17) is 17.0 Å². The van der Waals surface area contributed by atoms with Gasteiger partial charge in [0.05, 0.1) is 7.11 Å². The first-order valence-corrected chi connectivity index (χ1v) is 5.48. The van der Waals surface area contributed by atoms with Gasteiger partial charge in [-0.1, -0.05) is 12.2 Å². The first-order valence-electron chi connectivity index (χ1n) is 5.07. The first kappa shape index (κ1) is 11.7. The van der Waals surface area contributed by atoms with Gasteiger partial charge in [0.2, 0.25) is 5.88 Å². The van der Waals surface area contributed by atoms with E-state index in [0.717, 1.165) is 11.3 Å². The zero-order chi connectivity index (χ0) is 12.4. The number of aromatic amines is 1. The Kier molecular flexibility index (Phi) is 3.14. The molecular weight excluding hydrogens is 236 g/mol. The number of hydrogen-bond donors (Lipinski definition) is 1. The molecule has 1 N–H and O–H groups in total. The standard InChI is InChI=1S/C11H12N4OS/c1-6-7(2)12-10(13-11(6)17)8-4-5-9(16-3)15-14-8/h4-5H,1-3H3,(H,12,13,17). The number of aromatic nitrogens is 4. The van der Waals surface area contributed by atoms with Gasteiger partial charge in [0, 0.05) is 17.3 Å². The van der Waals surface area contributed by atoms with Crippen LogP contribution < -0.4 is 4.74 Å². The van der Waals surface area contributed by atoms with Crippen LogP contribution in [-0.2, 0) is 0 Å². The lowest BCUT2D eigenvalue weighted by molar-refractivity contribution is 0.392. The summed E-state index contributed by atoms with van der Waals surface area (Å²) in [6.07, 6.45) is 0. The molecule has 5 nitrogen and oxygen atoms in total. The quantitative estimate of drug-likeness (QED) is 0.826. The maximum atomic E-state index is 5.17. The average Bonchev–Trinajstić information content (AvgIpc) is 2.35. The van der Waals surface area contributed by atoms with Crippen LogP contribution in [0.3, 0.4) is 0 Å². The van der Waals surface area contributed by atoms with Crippen molar-refractivity contribution in [2.24, 2.45) is 0 Å². The normalized spacial score (nSPS) is 10.3. The minimum Gasteiger partial charge on any atom is -0.480 e. The summed E-state index contributed by atoms with van der Waals surface area (Å²) in [6, 6.07) is 3.52.